The predicted molar refractivity (Wildman–Crippen MR) is 370 cm³/mol. The summed E-state index contributed by atoms with van der Waals surface area (Å²) in [7, 11) is 0. The minimum Gasteiger partial charge on any atom is -0.308 e. The molecule has 0 spiro atoms. The summed E-state index contributed by atoms with van der Waals surface area (Å²) in [6.45, 7) is 0. The Hall–Kier alpha value is -12.5. The summed E-state index contributed by atoms with van der Waals surface area (Å²) >= 11 is 0. The van der Waals surface area contributed by atoms with E-state index >= 15 is 26.3 Å². The van der Waals surface area contributed by atoms with Gasteiger partial charge in [-0.15, -0.1) is 0 Å². The molecule has 16 rings (SSSR count). The highest BCUT2D eigenvalue weighted by Crippen LogP contribution is 2.50. The first-order valence-electron chi connectivity index (χ1n) is 31.0. The third-order valence-corrected chi connectivity index (χ3v) is 17.7. The van der Waals surface area contributed by atoms with Crippen molar-refractivity contribution in [2.24, 2.45) is 0 Å². The second-order valence-corrected chi connectivity index (χ2v) is 23.4. The van der Waals surface area contributed by atoms with Crippen LogP contribution in [-0.2, 0) is 12.4 Å². The van der Waals surface area contributed by atoms with Gasteiger partial charge in [0.15, 0.2) is 0 Å². The SMILES string of the molecule is N#Cc1c(-n2c3cc(-c4cccc(-c5ccccc5)n4)ccc3c3ccc(-c4cccc(-c5ccccc5)n4)cc32)ccc(-c2c(C(F)(F)F)cccc2C(F)(F)F)c1-n1c2cc(-c3cccc(-c4ccccc4)n3)ccc2c2ccc(-c3cccc(-c4ccccc4)n3)cc21. The van der Waals surface area contributed by atoms with Crippen LogP contribution in [0.2, 0.25) is 0 Å². The number of rotatable bonds is 11. The number of hydrogen-bond acceptors (Lipinski definition) is 5. The molecule has 6 heterocycles. The van der Waals surface area contributed by atoms with Gasteiger partial charge in [0, 0.05) is 77.2 Å². The summed E-state index contributed by atoms with van der Waals surface area (Å²) in [6, 6.07) is 91.9. The molecule has 0 radical (unpaired) electrons. The Kier molecular flexibility index (Phi) is 14.4. The van der Waals surface area contributed by atoms with Crippen LogP contribution in [0.25, 0.3) is 156 Å². The van der Waals surface area contributed by atoms with Crippen molar-refractivity contribution >= 4 is 43.6 Å². The van der Waals surface area contributed by atoms with Gasteiger partial charge in [-0.2, -0.15) is 31.6 Å². The number of alkyl halides is 6. The second-order valence-electron chi connectivity index (χ2n) is 23.4. The van der Waals surface area contributed by atoms with E-state index in [2.05, 4.69) is 6.07 Å². The normalized spacial score (nSPS) is 11.8. The fraction of sp³-hybridized carbons (Fsp3) is 0.0241. The maximum absolute atomic E-state index is 16.0. The molecule has 96 heavy (non-hydrogen) atoms. The smallest absolute Gasteiger partial charge is 0.308 e. The number of pyridine rings is 4. The fourth-order valence-corrected chi connectivity index (χ4v) is 13.3. The topological polar surface area (TPSA) is 85.2 Å². The largest absolute Gasteiger partial charge is 0.417 e. The lowest BCUT2D eigenvalue weighted by molar-refractivity contribution is -0.142. The van der Waals surface area contributed by atoms with Crippen molar-refractivity contribution in [2.75, 3.05) is 0 Å². The van der Waals surface area contributed by atoms with Crippen LogP contribution in [0.3, 0.4) is 0 Å². The van der Waals surface area contributed by atoms with Crippen LogP contribution >= 0.6 is 0 Å². The first-order valence-corrected chi connectivity index (χ1v) is 31.0. The van der Waals surface area contributed by atoms with Crippen LogP contribution < -0.4 is 0 Å². The first kappa shape index (κ1) is 58.5. The lowest BCUT2D eigenvalue weighted by Gasteiger charge is -2.24. The molecule has 0 aliphatic carbocycles. The quantitative estimate of drug-likeness (QED) is 0.120. The molecular weight excluding hydrogens is 1210 g/mol. The van der Waals surface area contributed by atoms with Gasteiger partial charge >= 0.3 is 12.4 Å². The van der Waals surface area contributed by atoms with Gasteiger partial charge < -0.3 is 9.13 Å². The summed E-state index contributed by atoms with van der Waals surface area (Å²) in [5.41, 5.74) is 8.06. The van der Waals surface area contributed by atoms with Gasteiger partial charge in [-0.1, -0.05) is 206 Å². The molecular formula is C83H49F6N7. The van der Waals surface area contributed by atoms with Crippen molar-refractivity contribution in [1.82, 2.24) is 29.1 Å². The lowest BCUT2D eigenvalue weighted by Crippen LogP contribution is -2.16. The van der Waals surface area contributed by atoms with E-state index in [1.807, 2.05) is 271 Å². The van der Waals surface area contributed by atoms with E-state index in [4.69, 9.17) is 19.9 Å². The number of nitrogens with zero attached hydrogens (tertiary/aromatic N) is 7. The number of fused-ring (bicyclic) bond motifs is 6. The standard InChI is InChI=1S/C83H49F6N7/c84-82(85,86)65-26-13-27-66(83(87,88)89)80(65)63-44-45-75(95-76-46-55(71-32-14-28-67(91-71)51-18-5-1-6-19-51)36-40-59(76)60-41-37-56(47-77(60)95)72-33-15-29-68(92-72)52-20-7-2-8-21-52)64(50-90)81(63)96-78-48-57(73-34-16-30-69(93-73)53-22-9-3-10-23-53)38-42-61(78)62-43-39-58(49-79(62)96)74-35-17-31-70(94-74)54-24-11-4-12-25-54/h1-49H. The molecule has 0 bridgehead atoms. The first-order chi connectivity index (χ1) is 46.8. The third-order valence-electron chi connectivity index (χ3n) is 17.7. The molecule has 16 aromatic rings. The van der Waals surface area contributed by atoms with Crippen LogP contribution in [0.5, 0.6) is 0 Å². The zero-order chi connectivity index (χ0) is 65.2. The van der Waals surface area contributed by atoms with E-state index < -0.39 is 34.6 Å². The number of aromatic nitrogens is 6. The van der Waals surface area contributed by atoms with Crippen molar-refractivity contribution < 1.29 is 26.3 Å². The van der Waals surface area contributed by atoms with Crippen LogP contribution in [0, 0.1) is 11.3 Å². The molecule has 0 aliphatic rings. The molecule has 0 unspecified atom stereocenters. The molecule has 0 aliphatic heterocycles. The molecule has 0 saturated heterocycles. The Balaban J connectivity index is 1.04. The molecule has 13 heteroatoms. The van der Waals surface area contributed by atoms with Gasteiger partial charge in [0.25, 0.3) is 0 Å². The van der Waals surface area contributed by atoms with E-state index in [1.165, 1.54) is 12.1 Å². The summed E-state index contributed by atoms with van der Waals surface area (Å²) in [4.78, 5) is 20.5. The zero-order valence-electron chi connectivity index (χ0n) is 50.7. The van der Waals surface area contributed by atoms with Crippen LogP contribution in [0.4, 0.5) is 26.3 Å². The van der Waals surface area contributed by atoms with Gasteiger partial charge in [-0.25, -0.2) is 19.9 Å². The molecule has 0 saturated carbocycles. The maximum atomic E-state index is 16.0. The molecule has 10 aromatic carbocycles. The summed E-state index contributed by atoms with van der Waals surface area (Å²) in [5.74, 6) is 0. The Bertz CT molecular complexity index is 5440. The third kappa shape index (κ3) is 10.5. The van der Waals surface area contributed by atoms with Gasteiger partial charge in [-0.3, -0.25) is 0 Å². The van der Waals surface area contributed by atoms with Gasteiger partial charge in [0.2, 0.25) is 0 Å². The summed E-state index contributed by atoms with van der Waals surface area (Å²) < 4.78 is 99.8. The monoisotopic (exact) mass is 1260 g/mol. The molecule has 0 atom stereocenters. The number of hydrogen-bond donors (Lipinski definition) is 0. The Morgan fingerprint density at radius 2 is 0.562 bits per heavy atom. The van der Waals surface area contributed by atoms with Crippen LogP contribution in [0.15, 0.2) is 297 Å². The van der Waals surface area contributed by atoms with E-state index in [0.29, 0.717) is 101 Å². The molecule has 0 N–H and O–H groups in total. The van der Waals surface area contributed by atoms with Gasteiger partial charge in [0.1, 0.15) is 11.6 Å². The molecule has 0 fully saturated rings. The highest BCUT2D eigenvalue weighted by molar-refractivity contribution is 6.14. The Morgan fingerprint density at radius 3 is 0.854 bits per heavy atom. The predicted octanol–water partition coefficient (Wildman–Crippen LogP) is 22.4. The van der Waals surface area contributed by atoms with E-state index in [9.17, 15) is 5.26 Å². The van der Waals surface area contributed by atoms with Crippen molar-refractivity contribution in [3.8, 4) is 119 Å². The molecule has 7 nitrogen and oxygen atoms in total. The molecule has 6 aromatic heterocycles. The molecule has 0 amide bonds. The lowest BCUT2D eigenvalue weighted by atomic mass is 9.90. The minimum atomic E-state index is -5.32. The maximum Gasteiger partial charge on any atom is 0.417 e. The van der Waals surface area contributed by atoms with Crippen molar-refractivity contribution in [2.45, 2.75) is 12.4 Å². The van der Waals surface area contributed by atoms with Gasteiger partial charge in [0.05, 0.1) is 90.1 Å². The molecule has 458 valence electrons. The number of nitriles is 1. The number of benzene rings is 10. The van der Waals surface area contributed by atoms with E-state index in [0.717, 1.165) is 50.5 Å². The highest BCUT2D eigenvalue weighted by atomic mass is 19.4. The Labute approximate surface area is 546 Å². The zero-order valence-corrected chi connectivity index (χ0v) is 50.7. The van der Waals surface area contributed by atoms with Crippen molar-refractivity contribution in [3.63, 3.8) is 0 Å². The second kappa shape index (κ2) is 23.5. The average molecular weight is 1260 g/mol. The number of halogens is 6. The summed E-state index contributed by atoms with van der Waals surface area (Å²) in [5, 5.41) is 15.1. The minimum absolute atomic E-state index is 0.164. The van der Waals surface area contributed by atoms with Crippen LogP contribution in [-0.4, -0.2) is 29.1 Å². The van der Waals surface area contributed by atoms with E-state index in [-0.39, 0.29) is 16.9 Å². The van der Waals surface area contributed by atoms with Crippen molar-refractivity contribution in [3.05, 3.63) is 314 Å². The van der Waals surface area contributed by atoms with E-state index in [1.54, 1.807) is 4.57 Å². The van der Waals surface area contributed by atoms with Crippen LogP contribution in [0.1, 0.15) is 16.7 Å². The fourth-order valence-electron chi connectivity index (χ4n) is 13.3. The summed E-state index contributed by atoms with van der Waals surface area (Å²) in [6.07, 6.45) is -10.6. The Morgan fingerprint density at radius 1 is 0.281 bits per heavy atom. The van der Waals surface area contributed by atoms with Gasteiger partial charge in [-0.05, 0) is 91.0 Å². The van der Waals surface area contributed by atoms with Crippen molar-refractivity contribution in [1.29, 1.82) is 5.26 Å². The highest BCUT2D eigenvalue weighted by Gasteiger charge is 2.42. The average Bonchev–Trinajstić information content (AvgIpc) is 1.51.